The minimum atomic E-state index is -0.546. The molecule has 0 aromatic heterocycles. The molecule has 3 aliphatic carbocycles. The largest absolute Gasteiger partial charge is 0.468 e. The Balaban J connectivity index is 2.11. The molecule has 3 rings (SSSR count). The molecule has 0 heterocycles. The molecule has 0 spiro atoms. The third-order valence-corrected chi connectivity index (χ3v) is 6.27. The van der Waals surface area contributed by atoms with Crippen LogP contribution in [0, 0.1) is 23.2 Å². The molecule has 0 aromatic carbocycles. The van der Waals surface area contributed by atoms with Crippen molar-refractivity contribution in [1.29, 1.82) is 0 Å². The maximum Gasteiger partial charge on any atom is 0.315 e. The molecule has 1 fully saturated rings. The summed E-state index contributed by atoms with van der Waals surface area (Å²) < 4.78 is 5.17. The van der Waals surface area contributed by atoms with Gasteiger partial charge in [0.25, 0.3) is 0 Å². The van der Waals surface area contributed by atoms with Crippen LogP contribution < -0.4 is 0 Å². The standard InChI is InChI=1S/C20H26O4/c1-12(2)14-6-8-20(19(23)24-3)9-7-15-16(18(14)20)5-4-13(11-21)10-17(15)22/h4,11-12,15-16H,5-10H2,1-3H3. The Morgan fingerprint density at radius 2 is 2.08 bits per heavy atom. The van der Waals surface area contributed by atoms with Gasteiger partial charge in [0.2, 0.25) is 0 Å². The second-order valence-electron chi connectivity index (χ2n) is 7.69. The van der Waals surface area contributed by atoms with Crippen LogP contribution in [0.5, 0.6) is 0 Å². The fourth-order valence-corrected chi connectivity index (χ4v) is 5.13. The molecule has 4 nitrogen and oxygen atoms in total. The zero-order chi connectivity index (χ0) is 17.5. The van der Waals surface area contributed by atoms with Gasteiger partial charge in [-0.3, -0.25) is 14.4 Å². The van der Waals surface area contributed by atoms with E-state index >= 15 is 0 Å². The van der Waals surface area contributed by atoms with Gasteiger partial charge in [0.15, 0.2) is 0 Å². The van der Waals surface area contributed by atoms with Gasteiger partial charge in [-0.25, -0.2) is 0 Å². The second kappa shape index (κ2) is 6.30. The quantitative estimate of drug-likeness (QED) is 0.452. The van der Waals surface area contributed by atoms with E-state index in [0.29, 0.717) is 30.8 Å². The first kappa shape index (κ1) is 17.1. The number of ether oxygens (including phenoxy) is 1. The van der Waals surface area contributed by atoms with Crippen LogP contribution in [0.2, 0.25) is 0 Å². The number of carbonyl (C=O) groups excluding carboxylic acids is 3. The van der Waals surface area contributed by atoms with Crippen LogP contribution >= 0.6 is 0 Å². The lowest BCUT2D eigenvalue weighted by Gasteiger charge is -2.42. The van der Waals surface area contributed by atoms with E-state index in [9.17, 15) is 14.4 Å². The number of ketones is 1. The molecule has 0 N–H and O–H groups in total. The molecular formula is C20H26O4. The maximum atomic E-state index is 12.7. The predicted octanol–water partition coefficient (Wildman–Crippen LogP) is 3.41. The highest BCUT2D eigenvalue weighted by molar-refractivity contribution is 5.92. The molecule has 0 radical (unpaired) electrons. The molecule has 3 aliphatic rings. The number of Topliss-reactive ketones (excluding diaryl/α,β-unsaturated/α-hetero) is 1. The molecule has 0 saturated heterocycles. The number of aldehydes is 1. The predicted molar refractivity (Wildman–Crippen MR) is 90.1 cm³/mol. The van der Waals surface area contributed by atoms with Crippen molar-refractivity contribution in [3.05, 3.63) is 22.8 Å². The molecular weight excluding hydrogens is 304 g/mol. The molecule has 0 aliphatic heterocycles. The van der Waals surface area contributed by atoms with Gasteiger partial charge in [0.1, 0.15) is 12.1 Å². The Morgan fingerprint density at radius 3 is 2.71 bits per heavy atom. The first-order chi connectivity index (χ1) is 11.4. The lowest BCUT2D eigenvalue weighted by Crippen LogP contribution is -2.43. The number of hydrogen-bond donors (Lipinski definition) is 0. The smallest absolute Gasteiger partial charge is 0.315 e. The highest BCUT2D eigenvalue weighted by Gasteiger charge is 2.55. The summed E-state index contributed by atoms with van der Waals surface area (Å²) >= 11 is 0. The highest BCUT2D eigenvalue weighted by atomic mass is 16.5. The number of allylic oxidation sites excluding steroid dienone is 3. The number of esters is 1. The zero-order valence-corrected chi connectivity index (χ0v) is 14.8. The average Bonchev–Trinajstić information content (AvgIpc) is 2.90. The Morgan fingerprint density at radius 1 is 1.33 bits per heavy atom. The molecule has 24 heavy (non-hydrogen) atoms. The number of fused-ring (bicyclic) bond motifs is 3. The molecule has 3 unspecified atom stereocenters. The summed E-state index contributed by atoms with van der Waals surface area (Å²) in [5, 5.41) is 0. The van der Waals surface area contributed by atoms with Crippen LogP contribution in [0.1, 0.15) is 52.4 Å². The van der Waals surface area contributed by atoms with Crippen molar-refractivity contribution in [2.24, 2.45) is 23.2 Å². The number of methoxy groups -OCH3 is 1. The third-order valence-electron chi connectivity index (χ3n) is 6.27. The van der Waals surface area contributed by atoms with Crippen molar-refractivity contribution in [3.63, 3.8) is 0 Å². The van der Waals surface area contributed by atoms with Gasteiger partial charge in [-0.1, -0.05) is 25.5 Å². The van der Waals surface area contributed by atoms with Crippen LogP contribution in [-0.4, -0.2) is 25.1 Å². The van der Waals surface area contributed by atoms with Crippen molar-refractivity contribution in [1.82, 2.24) is 0 Å². The SMILES string of the molecule is COC(=O)C12CCC(C(C)C)=C1C1CC=C(C=O)CC(=O)C1CC2. The Kier molecular flexibility index (Phi) is 4.50. The van der Waals surface area contributed by atoms with Gasteiger partial charge in [-0.15, -0.1) is 0 Å². The van der Waals surface area contributed by atoms with Crippen molar-refractivity contribution in [3.8, 4) is 0 Å². The van der Waals surface area contributed by atoms with E-state index in [1.807, 2.05) is 6.08 Å². The Hall–Kier alpha value is -1.71. The molecule has 0 aromatic rings. The van der Waals surface area contributed by atoms with E-state index in [0.717, 1.165) is 24.7 Å². The normalized spacial score (nSPS) is 32.8. The van der Waals surface area contributed by atoms with Crippen molar-refractivity contribution in [2.75, 3.05) is 7.11 Å². The fraction of sp³-hybridized carbons (Fsp3) is 0.650. The molecule has 4 heteroatoms. The summed E-state index contributed by atoms with van der Waals surface area (Å²) in [6, 6.07) is 0. The lowest BCUT2D eigenvalue weighted by atomic mass is 9.60. The van der Waals surface area contributed by atoms with Crippen LogP contribution in [0.15, 0.2) is 22.8 Å². The van der Waals surface area contributed by atoms with Crippen LogP contribution in [0.25, 0.3) is 0 Å². The minimum Gasteiger partial charge on any atom is -0.468 e. The zero-order valence-electron chi connectivity index (χ0n) is 14.8. The van der Waals surface area contributed by atoms with E-state index < -0.39 is 5.41 Å². The van der Waals surface area contributed by atoms with E-state index in [-0.39, 0.29) is 30.0 Å². The topological polar surface area (TPSA) is 60.4 Å². The molecule has 130 valence electrons. The van der Waals surface area contributed by atoms with Crippen LogP contribution in [0.4, 0.5) is 0 Å². The minimum absolute atomic E-state index is 0.0442. The summed E-state index contributed by atoms with van der Waals surface area (Å²) in [6.45, 7) is 4.31. The van der Waals surface area contributed by atoms with E-state index in [1.165, 1.54) is 12.7 Å². The van der Waals surface area contributed by atoms with Gasteiger partial charge < -0.3 is 4.74 Å². The summed E-state index contributed by atoms with van der Waals surface area (Å²) in [5.74, 6) is 0.332. The molecule has 0 bridgehead atoms. The van der Waals surface area contributed by atoms with Crippen LogP contribution in [0.3, 0.4) is 0 Å². The molecule has 0 amide bonds. The van der Waals surface area contributed by atoms with Gasteiger partial charge >= 0.3 is 5.97 Å². The van der Waals surface area contributed by atoms with E-state index in [2.05, 4.69) is 13.8 Å². The monoisotopic (exact) mass is 330 g/mol. The van der Waals surface area contributed by atoms with Crippen molar-refractivity contribution < 1.29 is 19.1 Å². The number of carbonyl (C=O) groups is 3. The number of hydrogen-bond acceptors (Lipinski definition) is 4. The summed E-state index contributed by atoms with van der Waals surface area (Å²) in [4.78, 5) is 36.6. The maximum absolute atomic E-state index is 12.7. The number of rotatable bonds is 3. The summed E-state index contributed by atoms with van der Waals surface area (Å²) in [5.41, 5.74) is 2.53. The van der Waals surface area contributed by atoms with Gasteiger partial charge in [0, 0.05) is 12.3 Å². The Bertz CT molecular complexity index is 640. The van der Waals surface area contributed by atoms with Crippen molar-refractivity contribution in [2.45, 2.75) is 52.4 Å². The molecule has 1 saturated carbocycles. The van der Waals surface area contributed by atoms with E-state index in [4.69, 9.17) is 4.74 Å². The average molecular weight is 330 g/mol. The molecule has 3 atom stereocenters. The van der Waals surface area contributed by atoms with Gasteiger partial charge in [0.05, 0.1) is 12.5 Å². The first-order valence-electron chi connectivity index (χ1n) is 8.93. The first-order valence-corrected chi connectivity index (χ1v) is 8.93. The second-order valence-corrected chi connectivity index (χ2v) is 7.69. The third kappa shape index (κ3) is 2.47. The van der Waals surface area contributed by atoms with Gasteiger partial charge in [-0.05, 0) is 55.1 Å². The lowest BCUT2D eigenvalue weighted by molar-refractivity contribution is -0.153. The Labute approximate surface area is 143 Å². The highest BCUT2D eigenvalue weighted by Crippen LogP contribution is 2.59. The van der Waals surface area contributed by atoms with Crippen molar-refractivity contribution >= 4 is 18.0 Å². The van der Waals surface area contributed by atoms with E-state index in [1.54, 1.807) is 0 Å². The van der Waals surface area contributed by atoms with Gasteiger partial charge in [-0.2, -0.15) is 0 Å². The summed E-state index contributed by atoms with van der Waals surface area (Å²) in [6.07, 6.45) is 6.73. The fourth-order valence-electron chi connectivity index (χ4n) is 5.13. The summed E-state index contributed by atoms with van der Waals surface area (Å²) in [7, 11) is 1.46. The van der Waals surface area contributed by atoms with Crippen LogP contribution in [-0.2, 0) is 19.1 Å².